The number of aliphatic hydroxyl groups is 1. The zero-order valence-corrected chi connectivity index (χ0v) is 12.0. The molecule has 2 rings (SSSR count). The molecule has 0 spiro atoms. The Balaban J connectivity index is 2.06. The molecular weight excluding hydrogens is 293 g/mol. The van der Waals surface area contributed by atoms with E-state index in [1.165, 1.54) is 12.1 Å². The summed E-state index contributed by atoms with van der Waals surface area (Å²) in [5.41, 5.74) is 0.170. The molecule has 6 heteroatoms. The van der Waals surface area contributed by atoms with Gasteiger partial charge in [0.05, 0.1) is 11.7 Å². The summed E-state index contributed by atoms with van der Waals surface area (Å²) in [6.45, 7) is 1.79. The van der Waals surface area contributed by atoms with Gasteiger partial charge in [-0.3, -0.25) is 4.98 Å². The van der Waals surface area contributed by atoms with Crippen molar-refractivity contribution >= 4 is 0 Å². The number of aliphatic hydroxyl groups excluding tert-OH is 1. The molecular formula is C16H17F3N2O. The first-order valence-electron chi connectivity index (χ1n) is 6.87. The largest absolute Gasteiger partial charge is 0.416 e. The number of nitrogens with one attached hydrogen (secondary N) is 1. The summed E-state index contributed by atoms with van der Waals surface area (Å²) in [6.07, 6.45) is -2.08. The van der Waals surface area contributed by atoms with Gasteiger partial charge < -0.3 is 10.4 Å². The van der Waals surface area contributed by atoms with E-state index in [0.29, 0.717) is 5.56 Å². The van der Waals surface area contributed by atoms with Crippen LogP contribution in [-0.2, 0) is 6.18 Å². The Labute approximate surface area is 126 Å². The summed E-state index contributed by atoms with van der Waals surface area (Å²) in [7, 11) is 0. The van der Waals surface area contributed by atoms with Gasteiger partial charge >= 0.3 is 6.18 Å². The van der Waals surface area contributed by atoms with Crippen LogP contribution in [0.4, 0.5) is 13.2 Å². The molecule has 1 aromatic heterocycles. The normalized spacial score (nSPS) is 14.6. The smallest absolute Gasteiger partial charge is 0.387 e. The minimum Gasteiger partial charge on any atom is -0.387 e. The Morgan fingerprint density at radius 1 is 1.14 bits per heavy atom. The van der Waals surface area contributed by atoms with E-state index in [1.807, 2.05) is 0 Å². The van der Waals surface area contributed by atoms with E-state index in [0.717, 1.165) is 6.07 Å². The number of nitrogens with zero attached hydrogens (tertiary/aromatic N) is 1. The Morgan fingerprint density at radius 3 is 2.41 bits per heavy atom. The van der Waals surface area contributed by atoms with Gasteiger partial charge in [0.2, 0.25) is 0 Å². The first-order chi connectivity index (χ1) is 10.4. The summed E-state index contributed by atoms with van der Waals surface area (Å²) in [5, 5.41) is 13.0. The number of benzene rings is 1. The Bertz CT molecular complexity index is 602. The molecule has 0 aliphatic heterocycles. The molecule has 1 heterocycles. The van der Waals surface area contributed by atoms with E-state index in [2.05, 4.69) is 10.3 Å². The van der Waals surface area contributed by atoms with Gasteiger partial charge in [-0.05, 0) is 36.2 Å². The average Bonchev–Trinajstić information content (AvgIpc) is 2.52. The Morgan fingerprint density at radius 2 is 1.77 bits per heavy atom. The monoisotopic (exact) mass is 310 g/mol. The highest BCUT2D eigenvalue weighted by Gasteiger charge is 2.34. The maximum atomic E-state index is 13.0. The number of rotatable bonds is 5. The van der Waals surface area contributed by atoms with E-state index < -0.39 is 23.9 Å². The van der Waals surface area contributed by atoms with Crippen LogP contribution < -0.4 is 5.32 Å². The van der Waals surface area contributed by atoms with Gasteiger partial charge in [-0.1, -0.05) is 18.2 Å². The SMILES string of the molecule is CC(NCC(O)c1ccncc1)c1ccccc1C(F)(F)F. The topological polar surface area (TPSA) is 45.1 Å². The highest BCUT2D eigenvalue weighted by atomic mass is 19.4. The molecule has 3 nitrogen and oxygen atoms in total. The lowest BCUT2D eigenvalue weighted by molar-refractivity contribution is -0.138. The molecule has 0 fully saturated rings. The lowest BCUT2D eigenvalue weighted by atomic mass is 10.0. The fraction of sp³-hybridized carbons (Fsp3) is 0.312. The van der Waals surface area contributed by atoms with Crippen LogP contribution in [0.25, 0.3) is 0 Å². The number of pyridine rings is 1. The van der Waals surface area contributed by atoms with Gasteiger partial charge in [-0.25, -0.2) is 0 Å². The molecule has 0 saturated carbocycles. The van der Waals surface area contributed by atoms with Gasteiger partial charge in [-0.15, -0.1) is 0 Å². The van der Waals surface area contributed by atoms with E-state index in [1.54, 1.807) is 37.5 Å². The van der Waals surface area contributed by atoms with Crippen molar-refractivity contribution in [2.24, 2.45) is 0 Å². The fourth-order valence-electron chi connectivity index (χ4n) is 2.23. The molecule has 0 amide bonds. The average molecular weight is 310 g/mol. The fourth-order valence-corrected chi connectivity index (χ4v) is 2.23. The molecule has 2 aromatic rings. The lowest BCUT2D eigenvalue weighted by Gasteiger charge is -2.21. The first kappa shape index (κ1) is 16.5. The van der Waals surface area contributed by atoms with Crippen molar-refractivity contribution in [3.8, 4) is 0 Å². The van der Waals surface area contributed by atoms with E-state index in [-0.39, 0.29) is 12.1 Å². The van der Waals surface area contributed by atoms with Gasteiger partial charge in [0.1, 0.15) is 0 Å². The molecule has 0 bridgehead atoms. The third-order valence-electron chi connectivity index (χ3n) is 3.44. The number of hydrogen-bond donors (Lipinski definition) is 2. The van der Waals surface area contributed by atoms with Gasteiger partial charge in [0.25, 0.3) is 0 Å². The van der Waals surface area contributed by atoms with Crippen molar-refractivity contribution in [1.29, 1.82) is 0 Å². The maximum Gasteiger partial charge on any atom is 0.416 e. The van der Waals surface area contributed by atoms with Gasteiger partial charge in [-0.2, -0.15) is 13.2 Å². The van der Waals surface area contributed by atoms with E-state index >= 15 is 0 Å². The van der Waals surface area contributed by atoms with Crippen LogP contribution >= 0.6 is 0 Å². The van der Waals surface area contributed by atoms with E-state index in [4.69, 9.17) is 0 Å². The second-order valence-corrected chi connectivity index (χ2v) is 5.01. The minimum atomic E-state index is -4.39. The second kappa shape index (κ2) is 6.89. The molecule has 0 radical (unpaired) electrons. The second-order valence-electron chi connectivity index (χ2n) is 5.01. The van der Waals surface area contributed by atoms with E-state index in [9.17, 15) is 18.3 Å². The molecule has 0 aliphatic carbocycles. The lowest BCUT2D eigenvalue weighted by Crippen LogP contribution is -2.26. The third kappa shape index (κ3) is 4.05. The quantitative estimate of drug-likeness (QED) is 0.888. The molecule has 1 aromatic carbocycles. The molecule has 2 N–H and O–H groups in total. The zero-order valence-electron chi connectivity index (χ0n) is 12.0. The van der Waals surface area contributed by atoms with Crippen LogP contribution in [0.15, 0.2) is 48.8 Å². The molecule has 0 aliphatic rings. The van der Waals surface area contributed by atoms with Crippen LogP contribution in [0.3, 0.4) is 0 Å². The van der Waals surface area contributed by atoms with Crippen LogP contribution in [0.5, 0.6) is 0 Å². The molecule has 22 heavy (non-hydrogen) atoms. The van der Waals surface area contributed by atoms with Crippen molar-refractivity contribution in [2.75, 3.05) is 6.54 Å². The molecule has 2 unspecified atom stereocenters. The summed E-state index contributed by atoms with van der Waals surface area (Å²) < 4.78 is 39.0. The summed E-state index contributed by atoms with van der Waals surface area (Å²) in [5.74, 6) is 0. The van der Waals surface area contributed by atoms with Crippen molar-refractivity contribution in [3.63, 3.8) is 0 Å². The predicted octanol–water partition coefficient (Wildman–Crippen LogP) is 3.48. The molecule has 118 valence electrons. The van der Waals surface area contributed by atoms with Crippen LogP contribution in [0, 0.1) is 0 Å². The zero-order chi connectivity index (χ0) is 16.2. The maximum absolute atomic E-state index is 13.0. The highest BCUT2D eigenvalue weighted by molar-refractivity contribution is 5.32. The Kier molecular flexibility index (Phi) is 5.15. The predicted molar refractivity (Wildman–Crippen MR) is 77.1 cm³/mol. The number of aromatic nitrogens is 1. The third-order valence-corrected chi connectivity index (χ3v) is 3.44. The molecule has 0 saturated heterocycles. The summed E-state index contributed by atoms with van der Waals surface area (Å²) in [6, 6.07) is 8.25. The molecule has 2 atom stereocenters. The van der Waals surface area contributed by atoms with Crippen molar-refractivity contribution in [3.05, 3.63) is 65.5 Å². The first-order valence-corrected chi connectivity index (χ1v) is 6.87. The summed E-state index contributed by atoms with van der Waals surface area (Å²) >= 11 is 0. The number of alkyl halides is 3. The van der Waals surface area contributed by atoms with Crippen molar-refractivity contribution in [2.45, 2.75) is 25.2 Å². The number of hydrogen-bond acceptors (Lipinski definition) is 3. The highest BCUT2D eigenvalue weighted by Crippen LogP contribution is 2.34. The van der Waals surface area contributed by atoms with Gasteiger partial charge in [0.15, 0.2) is 0 Å². The summed E-state index contributed by atoms with van der Waals surface area (Å²) in [4.78, 5) is 3.85. The van der Waals surface area contributed by atoms with Crippen molar-refractivity contribution in [1.82, 2.24) is 10.3 Å². The van der Waals surface area contributed by atoms with Crippen LogP contribution in [0.1, 0.15) is 35.8 Å². The minimum absolute atomic E-state index is 0.150. The van der Waals surface area contributed by atoms with Gasteiger partial charge in [0, 0.05) is 25.0 Å². The Hall–Kier alpha value is -1.92. The number of halogens is 3. The van der Waals surface area contributed by atoms with Crippen molar-refractivity contribution < 1.29 is 18.3 Å². The standard InChI is InChI=1S/C16H17F3N2O/c1-11(13-4-2-3-5-14(13)16(17,18)19)21-10-15(22)12-6-8-20-9-7-12/h2-9,11,15,21-22H,10H2,1H3. The van der Waals surface area contributed by atoms with Crippen LogP contribution in [0.2, 0.25) is 0 Å². The van der Waals surface area contributed by atoms with Crippen LogP contribution in [-0.4, -0.2) is 16.6 Å².